The third kappa shape index (κ3) is 3.20. The van der Waals surface area contributed by atoms with E-state index in [0.717, 1.165) is 16.9 Å². The van der Waals surface area contributed by atoms with Gasteiger partial charge in [0.05, 0.1) is 7.11 Å². The predicted molar refractivity (Wildman–Crippen MR) is 60.0 cm³/mol. The molecule has 0 aliphatic rings. The minimum Gasteiger partial charge on any atom is -0.496 e. The first-order chi connectivity index (χ1) is 6.98. The van der Waals surface area contributed by atoms with Crippen LogP contribution >= 0.6 is 0 Å². The molecule has 3 heteroatoms. The van der Waals surface area contributed by atoms with E-state index in [2.05, 4.69) is 0 Å². The van der Waals surface area contributed by atoms with Crippen molar-refractivity contribution in [2.75, 3.05) is 13.8 Å². The average molecular weight is 211 g/mol. The maximum absolute atomic E-state index is 12.6. The van der Waals surface area contributed by atoms with E-state index in [9.17, 15) is 4.39 Å². The van der Waals surface area contributed by atoms with Crippen LogP contribution in [-0.4, -0.2) is 19.3 Å². The van der Waals surface area contributed by atoms with E-state index >= 15 is 0 Å². The summed E-state index contributed by atoms with van der Waals surface area (Å²) in [5, 5.41) is 0. The van der Waals surface area contributed by atoms with E-state index in [1.165, 1.54) is 0 Å². The van der Waals surface area contributed by atoms with Crippen molar-refractivity contribution in [2.45, 2.75) is 25.8 Å². The molecule has 1 aromatic rings. The quantitative estimate of drug-likeness (QED) is 0.829. The minimum absolute atomic E-state index is 0.479. The molecule has 0 heterocycles. The summed E-state index contributed by atoms with van der Waals surface area (Å²) in [6.45, 7) is 3.15. The average Bonchev–Trinajstić information content (AvgIpc) is 2.20. The smallest absolute Gasteiger partial charge is 0.122 e. The van der Waals surface area contributed by atoms with Crippen molar-refractivity contribution < 1.29 is 9.13 Å². The van der Waals surface area contributed by atoms with Crippen molar-refractivity contribution in [3.8, 4) is 5.75 Å². The molecular formula is C12H18FNO. The molecule has 0 amide bonds. The molecule has 2 nitrogen and oxygen atoms in total. The van der Waals surface area contributed by atoms with E-state index in [0.29, 0.717) is 6.42 Å². The maximum atomic E-state index is 12.6. The number of aryl methyl sites for hydroxylation is 1. The zero-order valence-electron chi connectivity index (χ0n) is 9.51. The van der Waals surface area contributed by atoms with E-state index in [4.69, 9.17) is 10.5 Å². The summed E-state index contributed by atoms with van der Waals surface area (Å²) in [4.78, 5) is 0. The Hall–Kier alpha value is -1.09. The molecule has 84 valence electrons. The molecule has 0 aliphatic carbocycles. The molecule has 15 heavy (non-hydrogen) atoms. The van der Waals surface area contributed by atoms with Crippen molar-refractivity contribution in [3.05, 3.63) is 29.3 Å². The van der Waals surface area contributed by atoms with Crippen LogP contribution in [0.1, 0.15) is 18.1 Å². The summed E-state index contributed by atoms with van der Waals surface area (Å²) in [5.74, 6) is 0.778. The molecule has 0 aromatic heterocycles. The first-order valence-corrected chi connectivity index (χ1v) is 4.97. The first kappa shape index (κ1) is 12.0. The van der Waals surface area contributed by atoms with Gasteiger partial charge >= 0.3 is 0 Å². The minimum atomic E-state index is -0.817. The van der Waals surface area contributed by atoms with Crippen LogP contribution in [0.25, 0.3) is 0 Å². The summed E-state index contributed by atoms with van der Waals surface area (Å²) in [7, 11) is 1.61. The zero-order chi connectivity index (χ0) is 11.5. The Morgan fingerprint density at radius 3 is 2.67 bits per heavy atom. The number of hydrogen-bond donors (Lipinski definition) is 1. The van der Waals surface area contributed by atoms with E-state index in [-0.39, 0.29) is 0 Å². The van der Waals surface area contributed by atoms with Gasteiger partial charge in [0, 0.05) is 5.54 Å². The Morgan fingerprint density at radius 2 is 2.13 bits per heavy atom. The van der Waals surface area contributed by atoms with Gasteiger partial charge in [0.1, 0.15) is 12.4 Å². The Morgan fingerprint density at radius 1 is 1.47 bits per heavy atom. The van der Waals surface area contributed by atoms with Gasteiger partial charge in [-0.2, -0.15) is 0 Å². The van der Waals surface area contributed by atoms with Crippen LogP contribution in [-0.2, 0) is 6.42 Å². The molecule has 0 spiro atoms. The van der Waals surface area contributed by atoms with Gasteiger partial charge < -0.3 is 10.5 Å². The second kappa shape index (κ2) is 4.62. The summed E-state index contributed by atoms with van der Waals surface area (Å²) in [6.07, 6.45) is 0.479. The van der Waals surface area contributed by atoms with Gasteiger partial charge in [0.25, 0.3) is 0 Å². The predicted octanol–water partition coefficient (Wildman–Crippen LogP) is 2.23. The fraction of sp³-hybridized carbons (Fsp3) is 0.500. The molecule has 0 saturated carbocycles. The molecular weight excluding hydrogens is 193 g/mol. The van der Waals surface area contributed by atoms with Crippen LogP contribution in [0.2, 0.25) is 0 Å². The first-order valence-electron chi connectivity index (χ1n) is 4.97. The van der Waals surface area contributed by atoms with Gasteiger partial charge in [0.2, 0.25) is 0 Å². The lowest BCUT2D eigenvalue weighted by Gasteiger charge is -2.21. The zero-order valence-corrected chi connectivity index (χ0v) is 9.51. The molecule has 0 aliphatic heterocycles. The summed E-state index contributed by atoms with van der Waals surface area (Å²) in [6, 6.07) is 5.85. The fourth-order valence-electron chi connectivity index (χ4n) is 1.48. The highest BCUT2D eigenvalue weighted by Gasteiger charge is 2.20. The van der Waals surface area contributed by atoms with Gasteiger partial charge in [-0.25, -0.2) is 4.39 Å². The number of nitrogens with two attached hydrogens (primary N) is 1. The van der Waals surface area contributed by atoms with Crippen molar-refractivity contribution in [2.24, 2.45) is 5.73 Å². The Kier molecular flexibility index (Phi) is 3.69. The van der Waals surface area contributed by atoms with Crippen molar-refractivity contribution in [3.63, 3.8) is 0 Å². The standard InChI is InChI=1S/C12H18FNO/c1-9-4-5-10(11(6-9)15-3)7-12(2,14)8-13/h4-6H,7-8,14H2,1-3H3. The molecule has 0 bridgehead atoms. The summed E-state index contributed by atoms with van der Waals surface area (Å²) in [5.41, 5.74) is 7.03. The molecule has 1 aromatic carbocycles. The number of rotatable bonds is 4. The number of hydrogen-bond acceptors (Lipinski definition) is 2. The fourth-order valence-corrected chi connectivity index (χ4v) is 1.48. The Bertz CT molecular complexity index is 336. The van der Waals surface area contributed by atoms with E-state index in [1.54, 1.807) is 14.0 Å². The van der Waals surface area contributed by atoms with E-state index < -0.39 is 12.2 Å². The molecule has 1 atom stereocenters. The summed E-state index contributed by atoms with van der Waals surface area (Å²) >= 11 is 0. The van der Waals surface area contributed by atoms with Gasteiger partial charge in [0.15, 0.2) is 0 Å². The summed E-state index contributed by atoms with van der Waals surface area (Å²) < 4.78 is 17.8. The Balaban J connectivity index is 2.94. The van der Waals surface area contributed by atoms with Crippen molar-refractivity contribution in [1.29, 1.82) is 0 Å². The largest absolute Gasteiger partial charge is 0.496 e. The van der Waals surface area contributed by atoms with Gasteiger partial charge in [-0.3, -0.25) is 0 Å². The molecule has 2 N–H and O–H groups in total. The maximum Gasteiger partial charge on any atom is 0.122 e. The number of alkyl halides is 1. The van der Waals surface area contributed by atoms with Crippen molar-refractivity contribution in [1.82, 2.24) is 0 Å². The van der Waals surface area contributed by atoms with Crippen LogP contribution in [0.5, 0.6) is 5.75 Å². The second-order valence-corrected chi connectivity index (χ2v) is 4.28. The highest BCUT2D eigenvalue weighted by atomic mass is 19.1. The molecule has 0 radical (unpaired) electrons. The van der Waals surface area contributed by atoms with Gasteiger partial charge in [-0.05, 0) is 37.5 Å². The molecule has 0 fully saturated rings. The SMILES string of the molecule is COc1cc(C)ccc1CC(C)(N)CF. The van der Waals surface area contributed by atoms with Crippen LogP contribution in [0, 0.1) is 6.92 Å². The highest BCUT2D eigenvalue weighted by Crippen LogP contribution is 2.23. The number of ether oxygens (including phenoxy) is 1. The normalized spacial score (nSPS) is 14.7. The van der Waals surface area contributed by atoms with Crippen LogP contribution in [0.4, 0.5) is 4.39 Å². The monoisotopic (exact) mass is 211 g/mol. The van der Waals surface area contributed by atoms with Crippen molar-refractivity contribution >= 4 is 0 Å². The lowest BCUT2D eigenvalue weighted by molar-refractivity contribution is 0.322. The third-order valence-corrected chi connectivity index (χ3v) is 2.34. The number of halogens is 1. The van der Waals surface area contributed by atoms with E-state index in [1.807, 2.05) is 25.1 Å². The molecule has 0 saturated heterocycles. The third-order valence-electron chi connectivity index (χ3n) is 2.34. The van der Waals surface area contributed by atoms with Gasteiger partial charge in [-0.15, -0.1) is 0 Å². The number of benzene rings is 1. The lowest BCUT2D eigenvalue weighted by Crippen LogP contribution is -2.40. The number of methoxy groups -OCH3 is 1. The van der Waals surface area contributed by atoms with Crippen LogP contribution in [0.3, 0.4) is 0 Å². The Labute approximate surface area is 90.2 Å². The highest BCUT2D eigenvalue weighted by molar-refractivity contribution is 5.38. The topological polar surface area (TPSA) is 35.2 Å². The van der Waals surface area contributed by atoms with Crippen LogP contribution < -0.4 is 10.5 Å². The lowest BCUT2D eigenvalue weighted by atomic mass is 9.94. The second-order valence-electron chi connectivity index (χ2n) is 4.28. The van der Waals surface area contributed by atoms with Crippen LogP contribution in [0.15, 0.2) is 18.2 Å². The molecule has 1 rings (SSSR count). The van der Waals surface area contributed by atoms with Gasteiger partial charge in [-0.1, -0.05) is 12.1 Å². The molecule has 1 unspecified atom stereocenters.